The van der Waals surface area contributed by atoms with E-state index in [4.69, 9.17) is 27.9 Å². The van der Waals surface area contributed by atoms with Crippen molar-refractivity contribution in [1.82, 2.24) is 0 Å². The molecular formula is C21H27Cl2N3O2+2. The van der Waals surface area contributed by atoms with Crippen LogP contribution < -0.4 is 19.9 Å². The van der Waals surface area contributed by atoms with Crippen molar-refractivity contribution in [1.29, 1.82) is 0 Å². The third-order valence-corrected chi connectivity index (χ3v) is 5.81. The predicted octanol–water partition coefficient (Wildman–Crippen LogP) is 1.18. The number of carbonyl (C=O) groups is 1. The number of hydrogen-bond acceptors (Lipinski definition) is 2. The highest BCUT2D eigenvalue weighted by Gasteiger charge is 2.31. The van der Waals surface area contributed by atoms with Gasteiger partial charge < -0.3 is 19.9 Å². The van der Waals surface area contributed by atoms with Crippen molar-refractivity contribution in [2.75, 3.05) is 44.6 Å². The number of halogens is 2. The van der Waals surface area contributed by atoms with Crippen molar-refractivity contribution in [3.63, 3.8) is 0 Å². The largest absolute Gasteiger partial charge is 0.488 e. The summed E-state index contributed by atoms with van der Waals surface area (Å²) in [6.45, 7) is 7.65. The summed E-state index contributed by atoms with van der Waals surface area (Å²) in [6.07, 6.45) is 0. The molecule has 1 heterocycles. The van der Waals surface area contributed by atoms with Crippen molar-refractivity contribution < 1.29 is 19.3 Å². The molecule has 3 rings (SSSR count). The lowest BCUT2D eigenvalue weighted by Gasteiger charge is -2.32. The van der Waals surface area contributed by atoms with Crippen molar-refractivity contribution in [2.45, 2.75) is 13.0 Å². The van der Waals surface area contributed by atoms with Gasteiger partial charge in [-0.05, 0) is 37.3 Å². The van der Waals surface area contributed by atoms with E-state index in [1.54, 1.807) is 18.2 Å². The zero-order chi connectivity index (χ0) is 19.9. The molecule has 0 spiro atoms. The average Bonchev–Trinajstić information content (AvgIpc) is 2.71. The van der Waals surface area contributed by atoms with Gasteiger partial charge in [0, 0.05) is 5.02 Å². The summed E-state index contributed by atoms with van der Waals surface area (Å²) in [7, 11) is 0. The highest BCUT2D eigenvalue weighted by Crippen LogP contribution is 2.25. The highest BCUT2D eigenvalue weighted by molar-refractivity contribution is 6.36. The summed E-state index contributed by atoms with van der Waals surface area (Å²) in [6, 6.07) is 14.9. The van der Waals surface area contributed by atoms with Crippen LogP contribution in [-0.4, -0.2) is 51.3 Å². The van der Waals surface area contributed by atoms with Gasteiger partial charge >= 0.3 is 0 Å². The van der Waals surface area contributed by atoms with E-state index < -0.39 is 0 Å². The number of piperazine rings is 1. The van der Waals surface area contributed by atoms with Gasteiger partial charge in [0.05, 0.1) is 10.7 Å². The monoisotopic (exact) mass is 423 g/mol. The molecule has 0 bridgehead atoms. The first-order valence-electron chi connectivity index (χ1n) is 9.65. The zero-order valence-electron chi connectivity index (χ0n) is 16.0. The number of nitrogens with one attached hydrogen (secondary N) is 3. The molecule has 1 aliphatic heterocycles. The molecule has 0 aromatic heterocycles. The fourth-order valence-corrected chi connectivity index (χ4v) is 3.91. The Labute approximate surface area is 176 Å². The van der Waals surface area contributed by atoms with Gasteiger partial charge in [-0.25, -0.2) is 0 Å². The molecule has 1 aliphatic rings. The second kappa shape index (κ2) is 10.1. The summed E-state index contributed by atoms with van der Waals surface area (Å²) >= 11 is 12.1. The topological polar surface area (TPSA) is 47.2 Å². The van der Waals surface area contributed by atoms with Crippen LogP contribution in [0.5, 0.6) is 5.75 Å². The molecule has 0 radical (unpaired) electrons. The minimum Gasteiger partial charge on any atom is -0.488 e. The van der Waals surface area contributed by atoms with Gasteiger partial charge in [-0.3, -0.25) is 4.79 Å². The van der Waals surface area contributed by atoms with Crippen molar-refractivity contribution >= 4 is 34.8 Å². The van der Waals surface area contributed by atoms with Crippen LogP contribution in [0.25, 0.3) is 0 Å². The van der Waals surface area contributed by atoms with Gasteiger partial charge in [0.1, 0.15) is 45.1 Å². The normalized spacial score (nSPS) is 20.4. The summed E-state index contributed by atoms with van der Waals surface area (Å²) in [4.78, 5) is 15.4. The van der Waals surface area contributed by atoms with E-state index in [-0.39, 0.29) is 11.9 Å². The maximum absolute atomic E-state index is 12.6. The summed E-state index contributed by atoms with van der Waals surface area (Å²) in [5.41, 5.74) is 0.602. The number of benzene rings is 2. The molecule has 2 aromatic rings. The molecule has 1 fully saturated rings. The number of ether oxygens (including phenoxy) is 1. The van der Waals surface area contributed by atoms with Crippen LogP contribution in [0.15, 0.2) is 48.5 Å². The first-order valence-corrected chi connectivity index (χ1v) is 10.4. The fraction of sp³-hybridized carbons (Fsp3) is 0.381. The number of anilines is 1. The third-order valence-electron chi connectivity index (χ3n) is 5.26. The molecule has 0 unspecified atom stereocenters. The lowest BCUT2D eigenvalue weighted by atomic mass is 10.2. The molecule has 5 nitrogen and oxygen atoms in total. The van der Waals surface area contributed by atoms with E-state index in [2.05, 4.69) is 5.32 Å². The van der Waals surface area contributed by atoms with E-state index in [0.717, 1.165) is 38.5 Å². The van der Waals surface area contributed by atoms with Gasteiger partial charge in [-0.15, -0.1) is 0 Å². The molecule has 7 heteroatoms. The van der Waals surface area contributed by atoms with Gasteiger partial charge in [0.2, 0.25) is 0 Å². The Hall–Kier alpha value is -1.79. The predicted molar refractivity (Wildman–Crippen MR) is 113 cm³/mol. The first-order chi connectivity index (χ1) is 13.5. The first kappa shape index (κ1) is 20.9. The quantitative estimate of drug-likeness (QED) is 0.626. The maximum atomic E-state index is 12.6. The number of amides is 1. The summed E-state index contributed by atoms with van der Waals surface area (Å²) in [5, 5.41) is 3.93. The molecule has 150 valence electrons. The molecule has 0 saturated carbocycles. The molecule has 3 N–H and O–H groups in total. The minimum atomic E-state index is -0.131. The van der Waals surface area contributed by atoms with Crippen LogP contribution in [0.4, 0.5) is 5.69 Å². The van der Waals surface area contributed by atoms with Crippen LogP contribution in [-0.2, 0) is 4.79 Å². The number of rotatable bonds is 7. The Morgan fingerprint density at radius 1 is 1.11 bits per heavy atom. The van der Waals surface area contributed by atoms with Gasteiger partial charge in [0.25, 0.3) is 5.91 Å². The van der Waals surface area contributed by atoms with Crippen LogP contribution in [0, 0.1) is 0 Å². The molecule has 1 saturated heterocycles. The Balaban J connectivity index is 1.41. The molecular weight excluding hydrogens is 397 g/mol. The van der Waals surface area contributed by atoms with Crippen LogP contribution >= 0.6 is 23.2 Å². The fourth-order valence-electron chi connectivity index (χ4n) is 3.45. The van der Waals surface area contributed by atoms with Gasteiger partial charge in [0.15, 0.2) is 6.04 Å². The van der Waals surface area contributed by atoms with E-state index in [1.807, 2.05) is 37.3 Å². The van der Waals surface area contributed by atoms with Gasteiger partial charge in [-0.1, -0.05) is 41.4 Å². The van der Waals surface area contributed by atoms with E-state index in [9.17, 15) is 4.79 Å². The molecule has 1 atom stereocenters. The molecule has 28 heavy (non-hydrogen) atoms. The SMILES string of the molecule is C[C@@H](C(=O)Nc1ccc(Cl)cc1Cl)[NH+]1CC[NH+](CCOc2ccccc2)CC1. The summed E-state index contributed by atoms with van der Waals surface area (Å²) < 4.78 is 5.79. The standard InChI is InChI=1S/C21H25Cl2N3O2/c1-16(21(27)24-20-8-7-17(22)15-19(20)23)26-11-9-25(10-12-26)13-14-28-18-5-3-2-4-6-18/h2-8,15-16H,9-14H2,1H3,(H,24,27)/p+2/t16-/m0/s1. The lowest BCUT2D eigenvalue weighted by molar-refractivity contribution is -1.02. The lowest BCUT2D eigenvalue weighted by Crippen LogP contribution is -3.30. The number of hydrogen-bond donors (Lipinski definition) is 3. The van der Waals surface area contributed by atoms with Gasteiger partial charge in [-0.2, -0.15) is 0 Å². The van der Waals surface area contributed by atoms with E-state index >= 15 is 0 Å². The third kappa shape index (κ3) is 5.85. The van der Waals surface area contributed by atoms with Crippen LogP contribution in [0.1, 0.15) is 6.92 Å². The number of para-hydroxylation sites is 1. The van der Waals surface area contributed by atoms with Crippen LogP contribution in [0.3, 0.4) is 0 Å². The Bertz CT molecular complexity index is 780. The Morgan fingerprint density at radius 2 is 1.82 bits per heavy atom. The van der Waals surface area contributed by atoms with Crippen molar-refractivity contribution in [2.24, 2.45) is 0 Å². The summed E-state index contributed by atoms with van der Waals surface area (Å²) in [5.74, 6) is 0.896. The van der Waals surface area contributed by atoms with Crippen molar-refractivity contribution in [3.8, 4) is 5.75 Å². The van der Waals surface area contributed by atoms with E-state index in [0.29, 0.717) is 22.3 Å². The number of carbonyl (C=O) groups excluding carboxylic acids is 1. The molecule has 2 aromatic carbocycles. The highest BCUT2D eigenvalue weighted by atomic mass is 35.5. The van der Waals surface area contributed by atoms with E-state index in [1.165, 1.54) is 9.80 Å². The number of quaternary nitrogens is 2. The second-order valence-electron chi connectivity index (χ2n) is 7.15. The molecule has 1 amide bonds. The average molecular weight is 424 g/mol. The van der Waals surface area contributed by atoms with Crippen molar-refractivity contribution in [3.05, 3.63) is 58.6 Å². The smallest absolute Gasteiger partial charge is 0.282 e. The maximum Gasteiger partial charge on any atom is 0.282 e. The Kier molecular flexibility index (Phi) is 7.57. The minimum absolute atomic E-state index is 0.0184. The molecule has 0 aliphatic carbocycles. The second-order valence-corrected chi connectivity index (χ2v) is 8.00. The zero-order valence-corrected chi connectivity index (χ0v) is 17.5. The Morgan fingerprint density at radius 3 is 2.50 bits per heavy atom. The van der Waals surface area contributed by atoms with Crippen LogP contribution in [0.2, 0.25) is 10.0 Å².